The van der Waals surface area contributed by atoms with Gasteiger partial charge in [-0.05, 0) is 36.8 Å². The maximum atomic E-state index is 12.9. The minimum atomic E-state index is -0.896. The highest BCUT2D eigenvalue weighted by Crippen LogP contribution is 2.28. The van der Waals surface area contributed by atoms with E-state index >= 15 is 0 Å². The van der Waals surface area contributed by atoms with Gasteiger partial charge in [0, 0.05) is 17.7 Å². The minimum Gasteiger partial charge on any atom is -0.496 e. The molecule has 9 nitrogen and oxygen atoms in total. The highest BCUT2D eigenvalue weighted by molar-refractivity contribution is 6.39. The van der Waals surface area contributed by atoms with Crippen LogP contribution in [0, 0.1) is 17.0 Å². The summed E-state index contributed by atoms with van der Waals surface area (Å²) >= 11 is 0. The summed E-state index contributed by atoms with van der Waals surface area (Å²) in [6.45, 7) is 1.80. The number of hydrogen-bond donors (Lipinski definition) is 1. The number of hydrogen-bond acceptors (Lipinski definition) is 6. The molecule has 0 bridgehead atoms. The number of anilines is 1. The molecule has 28 heavy (non-hydrogen) atoms. The Labute approximate surface area is 159 Å². The minimum absolute atomic E-state index is 0.161. The number of aryl methyl sites for hydroxylation is 1. The van der Waals surface area contributed by atoms with Gasteiger partial charge in [0.15, 0.2) is 0 Å². The molecular weight excluding hydrogens is 366 g/mol. The predicted molar refractivity (Wildman–Crippen MR) is 99.8 cm³/mol. The quantitative estimate of drug-likeness (QED) is 0.376. The predicted octanol–water partition coefficient (Wildman–Crippen LogP) is 2.58. The smallest absolute Gasteiger partial charge is 0.335 e. The van der Waals surface area contributed by atoms with Crippen molar-refractivity contribution in [3.8, 4) is 5.75 Å². The van der Waals surface area contributed by atoms with Crippen LogP contribution in [0.4, 0.5) is 16.2 Å². The van der Waals surface area contributed by atoms with Crippen LogP contribution in [0.25, 0.3) is 6.08 Å². The van der Waals surface area contributed by atoms with Crippen LogP contribution in [0.5, 0.6) is 5.75 Å². The number of nitrogens with one attached hydrogen (secondary N) is 1. The van der Waals surface area contributed by atoms with E-state index in [9.17, 15) is 24.5 Å². The van der Waals surface area contributed by atoms with Gasteiger partial charge in [-0.15, -0.1) is 0 Å². The van der Waals surface area contributed by atoms with Crippen molar-refractivity contribution in [3.63, 3.8) is 0 Å². The van der Waals surface area contributed by atoms with Crippen LogP contribution >= 0.6 is 0 Å². The van der Waals surface area contributed by atoms with Gasteiger partial charge >= 0.3 is 6.03 Å². The lowest BCUT2D eigenvalue weighted by molar-refractivity contribution is -0.384. The molecule has 1 heterocycles. The number of benzene rings is 2. The molecule has 1 aliphatic heterocycles. The van der Waals surface area contributed by atoms with Crippen LogP contribution in [-0.4, -0.2) is 29.9 Å². The van der Waals surface area contributed by atoms with Crippen molar-refractivity contribution in [2.45, 2.75) is 6.92 Å². The fourth-order valence-corrected chi connectivity index (χ4v) is 2.76. The Morgan fingerprint density at radius 1 is 1.14 bits per heavy atom. The molecule has 0 aromatic heterocycles. The van der Waals surface area contributed by atoms with E-state index in [1.54, 1.807) is 31.2 Å². The van der Waals surface area contributed by atoms with E-state index in [1.165, 1.54) is 31.4 Å². The van der Waals surface area contributed by atoms with Gasteiger partial charge < -0.3 is 4.74 Å². The second-order valence-electron chi connectivity index (χ2n) is 5.98. The summed E-state index contributed by atoms with van der Waals surface area (Å²) in [5.41, 5.74) is 0.698. The van der Waals surface area contributed by atoms with Gasteiger partial charge in [0.05, 0.1) is 17.7 Å². The first-order chi connectivity index (χ1) is 13.3. The summed E-state index contributed by atoms with van der Waals surface area (Å²) in [6, 6.07) is 9.57. The molecule has 142 valence electrons. The zero-order valence-corrected chi connectivity index (χ0v) is 15.0. The fraction of sp³-hybridized carbons (Fsp3) is 0.105. The number of carbonyl (C=O) groups is 3. The van der Waals surface area contributed by atoms with E-state index in [0.717, 1.165) is 10.5 Å². The lowest BCUT2D eigenvalue weighted by Crippen LogP contribution is -2.54. The van der Waals surface area contributed by atoms with Crippen LogP contribution in [0.1, 0.15) is 11.1 Å². The first-order valence-electron chi connectivity index (χ1n) is 8.12. The number of urea groups is 1. The average Bonchev–Trinajstić information content (AvgIpc) is 2.64. The zero-order valence-electron chi connectivity index (χ0n) is 15.0. The first kappa shape index (κ1) is 18.8. The number of amides is 4. The van der Waals surface area contributed by atoms with Crippen molar-refractivity contribution in [3.05, 3.63) is 69.3 Å². The van der Waals surface area contributed by atoms with Crippen LogP contribution in [0.3, 0.4) is 0 Å². The molecule has 3 rings (SSSR count). The highest BCUT2D eigenvalue weighted by atomic mass is 16.6. The lowest BCUT2D eigenvalue weighted by Gasteiger charge is -2.26. The Balaban J connectivity index is 2.09. The number of non-ortho nitro benzene ring substituents is 1. The van der Waals surface area contributed by atoms with E-state index in [-0.39, 0.29) is 22.6 Å². The van der Waals surface area contributed by atoms with Crippen molar-refractivity contribution < 1.29 is 24.0 Å². The fourth-order valence-electron chi connectivity index (χ4n) is 2.76. The third kappa shape index (κ3) is 3.45. The highest BCUT2D eigenvalue weighted by Gasteiger charge is 2.37. The van der Waals surface area contributed by atoms with Crippen LogP contribution in [0.2, 0.25) is 0 Å². The Bertz CT molecular complexity index is 1040. The Morgan fingerprint density at radius 3 is 2.54 bits per heavy atom. The van der Waals surface area contributed by atoms with Gasteiger partial charge in [-0.1, -0.05) is 12.1 Å². The van der Waals surface area contributed by atoms with E-state index < -0.39 is 22.8 Å². The number of nitro benzene ring substituents is 1. The summed E-state index contributed by atoms with van der Waals surface area (Å²) in [4.78, 5) is 48.6. The normalized spacial score (nSPS) is 15.6. The number of methoxy groups -OCH3 is 1. The van der Waals surface area contributed by atoms with E-state index in [1.807, 2.05) is 0 Å². The Morgan fingerprint density at radius 2 is 1.89 bits per heavy atom. The topological polar surface area (TPSA) is 119 Å². The third-order valence-electron chi connectivity index (χ3n) is 4.09. The summed E-state index contributed by atoms with van der Waals surface area (Å²) in [7, 11) is 1.36. The van der Waals surface area contributed by atoms with Crippen molar-refractivity contribution in [1.29, 1.82) is 0 Å². The van der Waals surface area contributed by atoms with Crippen LogP contribution < -0.4 is 15.0 Å². The lowest BCUT2D eigenvalue weighted by atomic mass is 10.0. The molecule has 1 aliphatic rings. The van der Waals surface area contributed by atoms with Gasteiger partial charge in [-0.2, -0.15) is 0 Å². The number of rotatable bonds is 4. The standard InChI is InChI=1S/C19H15N3O6/c1-11-4-3-5-13(8-11)21-18(24)15(17(23)20-19(21)25)10-12-9-14(22(26)27)6-7-16(12)28-2/h3-10H,1-2H3,(H,20,23,25)/b15-10-. The Kier molecular flexibility index (Phi) is 4.90. The maximum Gasteiger partial charge on any atom is 0.335 e. The molecule has 9 heteroatoms. The van der Waals surface area contributed by atoms with Gasteiger partial charge in [-0.25, -0.2) is 9.69 Å². The third-order valence-corrected chi connectivity index (χ3v) is 4.09. The molecule has 4 amide bonds. The van der Waals surface area contributed by atoms with E-state index in [2.05, 4.69) is 5.32 Å². The van der Waals surface area contributed by atoms with Crippen molar-refractivity contribution in [1.82, 2.24) is 5.32 Å². The molecular formula is C19H15N3O6. The molecule has 1 fully saturated rings. The summed E-state index contributed by atoms with van der Waals surface area (Å²) in [6.07, 6.45) is 1.17. The maximum absolute atomic E-state index is 12.9. The molecule has 0 saturated carbocycles. The SMILES string of the molecule is COc1ccc([N+](=O)[O-])cc1/C=C1/C(=O)NC(=O)N(c2cccc(C)c2)C1=O. The number of nitrogens with zero attached hydrogens (tertiary/aromatic N) is 2. The average molecular weight is 381 g/mol. The molecule has 0 spiro atoms. The molecule has 2 aromatic rings. The number of ether oxygens (including phenoxy) is 1. The summed E-state index contributed by atoms with van der Waals surface area (Å²) in [5.74, 6) is -1.50. The second-order valence-corrected chi connectivity index (χ2v) is 5.98. The Hall–Kier alpha value is -4.01. The largest absolute Gasteiger partial charge is 0.496 e. The zero-order chi connectivity index (χ0) is 20.4. The van der Waals surface area contributed by atoms with Crippen molar-refractivity contribution in [2.24, 2.45) is 0 Å². The number of barbiturate groups is 1. The van der Waals surface area contributed by atoms with Crippen LogP contribution in [0.15, 0.2) is 48.0 Å². The van der Waals surface area contributed by atoms with Gasteiger partial charge in [0.1, 0.15) is 11.3 Å². The van der Waals surface area contributed by atoms with Gasteiger partial charge in [0.25, 0.3) is 17.5 Å². The first-order valence-corrected chi connectivity index (χ1v) is 8.12. The van der Waals surface area contributed by atoms with Crippen LogP contribution in [-0.2, 0) is 9.59 Å². The second kappa shape index (κ2) is 7.31. The van der Waals surface area contributed by atoms with Gasteiger partial charge in [-0.3, -0.25) is 25.0 Å². The molecule has 0 unspecified atom stereocenters. The molecule has 0 atom stereocenters. The molecule has 1 saturated heterocycles. The van der Waals surface area contributed by atoms with E-state index in [0.29, 0.717) is 5.69 Å². The molecule has 0 aliphatic carbocycles. The number of nitro groups is 1. The van der Waals surface area contributed by atoms with Crippen molar-refractivity contribution in [2.75, 3.05) is 12.0 Å². The molecule has 1 N–H and O–H groups in total. The van der Waals surface area contributed by atoms with Gasteiger partial charge in [0.2, 0.25) is 0 Å². The monoisotopic (exact) mass is 381 g/mol. The van der Waals surface area contributed by atoms with Crippen molar-refractivity contribution >= 4 is 35.3 Å². The van der Waals surface area contributed by atoms with E-state index in [4.69, 9.17) is 4.74 Å². The number of imide groups is 2. The molecule has 0 radical (unpaired) electrons. The summed E-state index contributed by atoms with van der Waals surface area (Å²) < 4.78 is 5.15. The summed E-state index contributed by atoms with van der Waals surface area (Å²) in [5, 5.41) is 13.1. The number of carbonyl (C=O) groups excluding carboxylic acids is 3. The molecule has 2 aromatic carbocycles.